The van der Waals surface area contributed by atoms with Crippen molar-refractivity contribution in [2.45, 2.75) is 245 Å². The maximum absolute atomic E-state index is 3.44. The van der Waals surface area contributed by atoms with E-state index in [1.54, 1.807) is 0 Å². The summed E-state index contributed by atoms with van der Waals surface area (Å²) in [5, 5.41) is 0. The molecular weight excluding hydrogens is 567 g/mol. The normalized spacial score (nSPS) is 12.0. The molecule has 0 radical (unpaired) electrons. The van der Waals surface area contributed by atoms with E-state index in [1.165, 1.54) is 242 Å². The lowest BCUT2D eigenvalue weighted by Crippen LogP contribution is -1.84. The molecule has 1 rings (SSSR count). The van der Waals surface area contributed by atoms with Gasteiger partial charge in [-0.15, -0.1) is 0 Å². The van der Waals surface area contributed by atoms with Gasteiger partial charge in [0.25, 0.3) is 0 Å². The maximum atomic E-state index is 3.44. The number of aromatic nitrogens is 1. The third-order valence-electron chi connectivity index (χ3n) is 10.3. The van der Waals surface area contributed by atoms with Crippen LogP contribution < -0.4 is 0 Å². The molecule has 1 heteroatoms. The first-order valence-electron chi connectivity index (χ1n) is 21.9. The second kappa shape index (κ2) is 37.6. The van der Waals surface area contributed by atoms with Crippen molar-refractivity contribution in [3.8, 4) is 0 Å². The lowest BCUT2D eigenvalue weighted by atomic mass is 10.0. The van der Waals surface area contributed by atoms with Gasteiger partial charge in [-0.25, -0.2) is 0 Å². The van der Waals surface area contributed by atoms with Crippen LogP contribution in [0.1, 0.15) is 256 Å². The second-order valence-corrected chi connectivity index (χ2v) is 15.0. The predicted octanol–water partition coefficient (Wildman–Crippen LogP) is 17.1. The molecule has 274 valence electrons. The number of rotatable bonds is 38. The van der Waals surface area contributed by atoms with E-state index in [9.17, 15) is 0 Å². The van der Waals surface area contributed by atoms with Gasteiger partial charge in [-0.05, 0) is 43.4 Å². The Labute approximate surface area is 297 Å². The van der Waals surface area contributed by atoms with Gasteiger partial charge in [0.2, 0.25) is 0 Å². The lowest BCUT2D eigenvalue weighted by molar-refractivity contribution is 0.527. The second-order valence-electron chi connectivity index (χ2n) is 15.0. The predicted molar refractivity (Wildman–Crippen MR) is 216 cm³/mol. The lowest BCUT2D eigenvalue weighted by Gasteiger charge is -2.03. The Hall–Kier alpha value is -1.24. The summed E-state index contributed by atoms with van der Waals surface area (Å²) < 4.78 is 0. The van der Waals surface area contributed by atoms with Crippen LogP contribution in [0.25, 0.3) is 12.2 Å². The summed E-state index contributed by atoms with van der Waals surface area (Å²) >= 11 is 0. The molecule has 0 amide bonds. The van der Waals surface area contributed by atoms with E-state index < -0.39 is 0 Å². The molecule has 0 saturated carbocycles. The molecule has 1 heterocycles. The summed E-state index contributed by atoms with van der Waals surface area (Å²) in [6.45, 7) is 4.61. The first kappa shape index (κ1) is 43.8. The molecule has 1 aromatic rings. The third-order valence-corrected chi connectivity index (χ3v) is 10.3. The van der Waals surface area contributed by atoms with E-state index >= 15 is 0 Å². The van der Waals surface area contributed by atoms with Crippen LogP contribution in [0.5, 0.6) is 0 Å². The van der Waals surface area contributed by atoms with Gasteiger partial charge in [0.15, 0.2) is 0 Å². The molecule has 1 nitrogen and oxygen atoms in total. The Morgan fingerprint density at radius 2 is 0.638 bits per heavy atom. The first-order chi connectivity index (χ1) is 23.4. The van der Waals surface area contributed by atoms with Crippen molar-refractivity contribution in [3.05, 3.63) is 35.7 Å². The highest BCUT2D eigenvalue weighted by molar-refractivity contribution is 5.62. The highest BCUT2D eigenvalue weighted by atomic mass is 14.7. The number of hydrogen-bond acceptors (Lipinski definition) is 0. The average molecular weight is 652 g/mol. The van der Waals surface area contributed by atoms with Gasteiger partial charge in [-0.3, -0.25) is 0 Å². The summed E-state index contributed by atoms with van der Waals surface area (Å²) in [6.07, 6.45) is 62.9. The van der Waals surface area contributed by atoms with Crippen LogP contribution in [0.2, 0.25) is 0 Å². The topological polar surface area (TPSA) is 15.8 Å². The Morgan fingerprint density at radius 1 is 0.362 bits per heavy atom. The van der Waals surface area contributed by atoms with Crippen molar-refractivity contribution >= 4 is 12.2 Å². The maximum Gasteiger partial charge on any atom is 0.0450 e. The minimum Gasteiger partial charge on any atom is -0.361 e. The molecule has 0 aliphatic carbocycles. The molecule has 0 unspecified atom stereocenters. The van der Waals surface area contributed by atoms with Gasteiger partial charge < -0.3 is 4.98 Å². The van der Waals surface area contributed by atoms with E-state index in [2.05, 4.69) is 55.4 Å². The van der Waals surface area contributed by atoms with Crippen LogP contribution in [0, 0.1) is 0 Å². The number of allylic oxidation sites excluding steroid dienone is 2. The van der Waals surface area contributed by atoms with Crippen molar-refractivity contribution < 1.29 is 0 Å². The number of unbranched alkanes of at least 4 members (excludes halogenated alkanes) is 34. The van der Waals surface area contributed by atoms with Gasteiger partial charge in [0.05, 0.1) is 0 Å². The summed E-state index contributed by atoms with van der Waals surface area (Å²) in [5.41, 5.74) is 2.62. The van der Waals surface area contributed by atoms with Gasteiger partial charge in [0, 0.05) is 11.9 Å². The standard InChI is InChI=1S/C46H85N/c1-3-5-7-9-11-13-15-17-19-21-23-25-27-29-31-33-35-37-39-41-45-43-44-47-46(45)42-40-38-36-34-32-30-28-26-24-22-20-18-16-14-12-10-8-6-4-2/h39-44,47H,3-38H2,1-2H3. The van der Waals surface area contributed by atoms with Crippen LogP contribution >= 0.6 is 0 Å². The molecule has 47 heavy (non-hydrogen) atoms. The van der Waals surface area contributed by atoms with Crippen molar-refractivity contribution in [1.82, 2.24) is 4.98 Å². The SMILES string of the molecule is CCCCCCCCCCCCCCCCCCCC=Cc1cc[nH]c1C=CCCCCCCCCCCCCCCCCCCC. The van der Waals surface area contributed by atoms with E-state index in [0.717, 1.165) is 0 Å². The summed E-state index contributed by atoms with van der Waals surface area (Å²) in [4.78, 5) is 3.44. The van der Waals surface area contributed by atoms with E-state index in [4.69, 9.17) is 0 Å². The van der Waals surface area contributed by atoms with Crippen molar-refractivity contribution in [2.24, 2.45) is 0 Å². The van der Waals surface area contributed by atoms with Gasteiger partial charge in [0.1, 0.15) is 0 Å². The average Bonchev–Trinajstić information content (AvgIpc) is 3.53. The highest BCUT2D eigenvalue weighted by Crippen LogP contribution is 2.17. The molecule has 1 N–H and O–H groups in total. The van der Waals surface area contributed by atoms with Gasteiger partial charge in [-0.2, -0.15) is 0 Å². The molecule has 0 saturated heterocycles. The van der Waals surface area contributed by atoms with Crippen molar-refractivity contribution in [3.63, 3.8) is 0 Å². The van der Waals surface area contributed by atoms with Crippen LogP contribution in [0.4, 0.5) is 0 Å². The quantitative estimate of drug-likeness (QED) is 0.0685. The smallest absolute Gasteiger partial charge is 0.0450 e. The molecule has 0 aromatic carbocycles. The minimum atomic E-state index is 1.21. The van der Waals surface area contributed by atoms with Crippen LogP contribution in [-0.2, 0) is 0 Å². The number of hydrogen-bond donors (Lipinski definition) is 1. The fourth-order valence-corrected chi connectivity index (χ4v) is 7.07. The summed E-state index contributed by atoms with van der Waals surface area (Å²) in [7, 11) is 0. The zero-order chi connectivity index (χ0) is 33.6. The zero-order valence-corrected chi connectivity index (χ0v) is 32.4. The third kappa shape index (κ3) is 31.8. The summed E-state index contributed by atoms with van der Waals surface area (Å²) in [5.74, 6) is 0. The molecule has 0 aliphatic rings. The Balaban J connectivity index is 1.86. The van der Waals surface area contributed by atoms with Crippen molar-refractivity contribution in [1.29, 1.82) is 0 Å². The molecule has 0 aliphatic heterocycles. The number of aromatic amines is 1. The van der Waals surface area contributed by atoms with Crippen LogP contribution in [-0.4, -0.2) is 4.98 Å². The number of H-pyrrole nitrogens is 1. The van der Waals surface area contributed by atoms with E-state index in [-0.39, 0.29) is 0 Å². The molecule has 0 bridgehead atoms. The highest BCUT2D eigenvalue weighted by Gasteiger charge is 1.98. The van der Waals surface area contributed by atoms with Crippen molar-refractivity contribution in [2.75, 3.05) is 0 Å². The van der Waals surface area contributed by atoms with Gasteiger partial charge in [-0.1, -0.05) is 238 Å². The zero-order valence-electron chi connectivity index (χ0n) is 32.4. The fraction of sp³-hybridized carbons (Fsp3) is 0.826. The number of nitrogens with one attached hydrogen (secondary N) is 1. The van der Waals surface area contributed by atoms with Crippen LogP contribution in [0.15, 0.2) is 24.4 Å². The molecule has 0 spiro atoms. The monoisotopic (exact) mass is 652 g/mol. The fourth-order valence-electron chi connectivity index (χ4n) is 7.07. The largest absolute Gasteiger partial charge is 0.361 e. The molecular formula is C46H85N. The van der Waals surface area contributed by atoms with Gasteiger partial charge >= 0.3 is 0 Å². The Morgan fingerprint density at radius 3 is 0.957 bits per heavy atom. The minimum absolute atomic E-state index is 1.21. The molecule has 1 aromatic heterocycles. The first-order valence-corrected chi connectivity index (χ1v) is 21.9. The Kier molecular flexibility index (Phi) is 35.0. The molecule has 0 fully saturated rings. The van der Waals surface area contributed by atoms with Crippen LogP contribution in [0.3, 0.4) is 0 Å². The summed E-state index contributed by atoms with van der Waals surface area (Å²) in [6, 6.07) is 2.22. The Bertz CT molecular complexity index is 707. The van der Waals surface area contributed by atoms with E-state index in [1.807, 2.05) is 0 Å². The molecule has 0 atom stereocenters. The van der Waals surface area contributed by atoms with E-state index in [0.29, 0.717) is 0 Å².